The van der Waals surface area contributed by atoms with E-state index in [1.54, 1.807) is 6.42 Å². The minimum Gasteiger partial charge on any atom is -0.378 e. The maximum Gasteiger partial charge on any atom is 0.0631 e. The van der Waals surface area contributed by atoms with Crippen LogP contribution in [0.4, 0.5) is 0 Å². The molecular formula is C17H29NO. The smallest absolute Gasteiger partial charge is 0.0631 e. The lowest BCUT2D eigenvalue weighted by Gasteiger charge is -2.54. The fourth-order valence-corrected chi connectivity index (χ4v) is 5.66. The summed E-state index contributed by atoms with van der Waals surface area (Å²) in [6.45, 7) is 2.23. The maximum atomic E-state index is 6.38. The Hall–Kier alpha value is -0.0800. The van der Waals surface area contributed by atoms with Crippen LogP contribution < -0.4 is 5.32 Å². The number of piperidine rings is 1. The molecule has 4 bridgehead atoms. The van der Waals surface area contributed by atoms with Crippen molar-refractivity contribution in [3.8, 4) is 0 Å². The summed E-state index contributed by atoms with van der Waals surface area (Å²) in [4.78, 5) is 0. The number of hydrogen-bond acceptors (Lipinski definition) is 2. The van der Waals surface area contributed by atoms with Crippen molar-refractivity contribution < 1.29 is 4.74 Å². The number of hydrogen-bond donors (Lipinski definition) is 1. The van der Waals surface area contributed by atoms with Gasteiger partial charge in [0.25, 0.3) is 0 Å². The topological polar surface area (TPSA) is 21.3 Å². The predicted molar refractivity (Wildman–Crippen MR) is 77.0 cm³/mol. The highest BCUT2D eigenvalue weighted by molar-refractivity contribution is 4.99. The quantitative estimate of drug-likeness (QED) is 0.840. The van der Waals surface area contributed by atoms with Gasteiger partial charge in [0.1, 0.15) is 0 Å². The molecule has 4 aliphatic carbocycles. The predicted octanol–water partition coefficient (Wildman–Crippen LogP) is 3.36. The van der Waals surface area contributed by atoms with Crippen LogP contribution >= 0.6 is 0 Å². The summed E-state index contributed by atoms with van der Waals surface area (Å²) in [5, 5.41) is 3.64. The van der Waals surface area contributed by atoms with Gasteiger partial charge in [-0.3, -0.25) is 0 Å². The van der Waals surface area contributed by atoms with Gasteiger partial charge in [0, 0.05) is 12.6 Å². The SMILES string of the molecule is C1CCC(CCOC2C3CC4CC(C3)CC2C4)NC1. The lowest BCUT2D eigenvalue weighted by molar-refractivity contribution is -0.127. The first-order valence-corrected chi connectivity index (χ1v) is 8.73. The molecule has 0 spiro atoms. The molecule has 5 fully saturated rings. The molecule has 108 valence electrons. The van der Waals surface area contributed by atoms with Crippen LogP contribution in [-0.2, 0) is 4.74 Å². The molecule has 0 amide bonds. The van der Waals surface area contributed by atoms with Crippen molar-refractivity contribution in [1.82, 2.24) is 5.32 Å². The van der Waals surface area contributed by atoms with Gasteiger partial charge in [0.2, 0.25) is 0 Å². The average molecular weight is 263 g/mol. The third-order valence-electron chi connectivity index (χ3n) is 6.33. The van der Waals surface area contributed by atoms with Gasteiger partial charge < -0.3 is 10.1 Å². The molecule has 1 heterocycles. The highest BCUT2D eigenvalue weighted by atomic mass is 16.5. The van der Waals surface area contributed by atoms with Crippen molar-refractivity contribution in [1.29, 1.82) is 0 Å². The summed E-state index contributed by atoms with van der Waals surface area (Å²) in [7, 11) is 0. The van der Waals surface area contributed by atoms with Crippen LogP contribution in [0.25, 0.3) is 0 Å². The Morgan fingerprint density at radius 2 is 1.63 bits per heavy atom. The van der Waals surface area contributed by atoms with Crippen LogP contribution in [0.15, 0.2) is 0 Å². The highest BCUT2D eigenvalue weighted by Crippen LogP contribution is 2.54. The third kappa shape index (κ3) is 2.58. The molecular weight excluding hydrogens is 234 g/mol. The van der Waals surface area contributed by atoms with Gasteiger partial charge in [-0.2, -0.15) is 0 Å². The Morgan fingerprint density at radius 3 is 2.26 bits per heavy atom. The fraction of sp³-hybridized carbons (Fsp3) is 1.00. The van der Waals surface area contributed by atoms with E-state index in [0.29, 0.717) is 6.10 Å². The summed E-state index contributed by atoms with van der Waals surface area (Å²) in [5.41, 5.74) is 0. The Labute approximate surface area is 117 Å². The summed E-state index contributed by atoms with van der Waals surface area (Å²) in [6, 6.07) is 0.741. The number of nitrogens with one attached hydrogen (secondary N) is 1. The van der Waals surface area contributed by atoms with Crippen LogP contribution in [0.5, 0.6) is 0 Å². The van der Waals surface area contributed by atoms with Crippen molar-refractivity contribution in [2.75, 3.05) is 13.2 Å². The van der Waals surface area contributed by atoms with E-state index in [1.807, 2.05) is 0 Å². The van der Waals surface area contributed by atoms with Gasteiger partial charge in [-0.25, -0.2) is 0 Å². The Morgan fingerprint density at radius 1 is 0.895 bits per heavy atom. The molecule has 4 saturated carbocycles. The van der Waals surface area contributed by atoms with Crippen molar-refractivity contribution in [2.24, 2.45) is 23.7 Å². The molecule has 2 nitrogen and oxygen atoms in total. The molecule has 5 rings (SSSR count). The van der Waals surface area contributed by atoms with Crippen LogP contribution in [0.3, 0.4) is 0 Å². The zero-order chi connectivity index (χ0) is 12.7. The highest BCUT2D eigenvalue weighted by Gasteiger charge is 2.48. The normalized spacial score (nSPS) is 48.6. The van der Waals surface area contributed by atoms with Gasteiger partial charge in [-0.05, 0) is 81.6 Å². The lowest BCUT2D eigenvalue weighted by Crippen LogP contribution is -2.49. The third-order valence-corrected chi connectivity index (χ3v) is 6.33. The summed E-state index contributed by atoms with van der Waals surface area (Å²) >= 11 is 0. The molecule has 1 aliphatic heterocycles. The van der Waals surface area contributed by atoms with E-state index in [0.717, 1.165) is 36.3 Å². The van der Waals surface area contributed by atoms with Gasteiger partial charge in [-0.1, -0.05) is 6.42 Å². The van der Waals surface area contributed by atoms with E-state index >= 15 is 0 Å². The largest absolute Gasteiger partial charge is 0.378 e. The average Bonchev–Trinajstić information content (AvgIpc) is 2.42. The first-order chi connectivity index (χ1) is 9.38. The molecule has 0 aromatic heterocycles. The van der Waals surface area contributed by atoms with Crippen molar-refractivity contribution in [3.63, 3.8) is 0 Å². The molecule has 0 aromatic carbocycles. The van der Waals surface area contributed by atoms with E-state index in [2.05, 4.69) is 5.32 Å². The Bertz CT molecular complexity index is 282. The molecule has 1 N–H and O–H groups in total. The first-order valence-electron chi connectivity index (χ1n) is 8.73. The molecule has 1 saturated heterocycles. The van der Waals surface area contributed by atoms with E-state index in [4.69, 9.17) is 4.74 Å². The van der Waals surface area contributed by atoms with E-state index in [-0.39, 0.29) is 0 Å². The molecule has 1 atom stereocenters. The molecule has 0 radical (unpaired) electrons. The van der Waals surface area contributed by atoms with E-state index in [1.165, 1.54) is 57.9 Å². The number of rotatable bonds is 4. The second-order valence-electron chi connectivity index (χ2n) is 7.70. The Kier molecular flexibility index (Phi) is 3.57. The summed E-state index contributed by atoms with van der Waals surface area (Å²) < 4.78 is 6.38. The fourth-order valence-electron chi connectivity index (χ4n) is 5.66. The molecule has 0 aromatic rings. The van der Waals surface area contributed by atoms with Crippen molar-refractivity contribution in [3.05, 3.63) is 0 Å². The van der Waals surface area contributed by atoms with E-state index < -0.39 is 0 Å². The monoisotopic (exact) mass is 263 g/mol. The van der Waals surface area contributed by atoms with Crippen LogP contribution in [0.2, 0.25) is 0 Å². The number of ether oxygens (including phenoxy) is 1. The minimum atomic E-state index is 0.636. The zero-order valence-corrected chi connectivity index (χ0v) is 12.2. The van der Waals surface area contributed by atoms with Crippen molar-refractivity contribution in [2.45, 2.75) is 69.9 Å². The minimum absolute atomic E-state index is 0.636. The maximum absolute atomic E-state index is 6.38. The molecule has 2 heteroatoms. The second kappa shape index (κ2) is 5.37. The van der Waals surface area contributed by atoms with Gasteiger partial charge >= 0.3 is 0 Å². The summed E-state index contributed by atoms with van der Waals surface area (Å²) in [5.74, 6) is 4.00. The standard InChI is InChI=1S/C17H29NO/c1-2-5-18-16(3-1)4-6-19-17-14-8-12-7-13(10-14)11-15(17)9-12/h12-18H,1-11H2. The van der Waals surface area contributed by atoms with Gasteiger partial charge in [-0.15, -0.1) is 0 Å². The zero-order valence-electron chi connectivity index (χ0n) is 12.2. The lowest BCUT2D eigenvalue weighted by atomic mass is 9.55. The van der Waals surface area contributed by atoms with Crippen LogP contribution in [0.1, 0.15) is 57.8 Å². The van der Waals surface area contributed by atoms with Crippen LogP contribution in [-0.4, -0.2) is 25.3 Å². The molecule has 5 aliphatic rings. The molecule has 19 heavy (non-hydrogen) atoms. The van der Waals surface area contributed by atoms with Crippen LogP contribution in [0, 0.1) is 23.7 Å². The van der Waals surface area contributed by atoms with Gasteiger partial charge in [0.05, 0.1) is 6.10 Å². The summed E-state index contributed by atoms with van der Waals surface area (Å²) in [6.07, 6.45) is 13.5. The second-order valence-corrected chi connectivity index (χ2v) is 7.70. The van der Waals surface area contributed by atoms with E-state index in [9.17, 15) is 0 Å². The Balaban J connectivity index is 1.26. The molecule has 1 unspecified atom stereocenters. The van der Waals surface area contributed by atoms with Crippen molar-refractivity contribution >= 4 is 0 Å². The first kappa shape index (κ1) is 12.6. The van der Waals surface area contributed by atoms with Gasteiger partial charge in [0.15, 0.2) is 0 Å².